The molecule has 1 aliphatic heterocycles. The minimum atomic E-state index is -1.91. The van der Waals surface area contributed by atoms with Gasteiger partial charge in [0, 0.05) is 0 Å². The third kappa shape index (κ3) is 2.05. The summed E-state index contributed by atoms with van der Waals surface area (Å²) in [7, 11) is 1.10. The third-order valence-electron chi connectivity index (χ3n) is 2.92. The molecule has 0 aromatic heterocycles. The van der Waals surface area contributed by atoms with Crippen molar-refractivity contribution in [2.24, 2.45) is 0 Å². The van der Waals surface area contributed by atoms with Crippen LogP contribution < -0.4 is 0 Å². The normalized spacial score (nSPS) is 25.5. The lowest BCUT2D eigenvalue weighted by atomic mass is 9.80. The lowest BCUT2D eigenvalue weighted by Crippen LogP contribution is -2.50. The summed E-state index contributed by atoms with van der Waals surface area (Å²) in [5.41, 5.74) is -1.27. The van der Waals surface area contributed by atoms with Crippen molar-refractivity contribution < 1.29 is 28.6 Å². The van der Waals surface area contributed by atoms with Gasteiger partial charge >= 0.3 is 6.16 Å². The molecule has 0 aromatic rings. The molecule has 2 aliphatic rings. The summed E-state index contributed by atoms with van der Waals surface area (Å²) in [6, 6.07) is 0. The third-order valence-corrected chi connectivity index (χ3v) is 2.92. The second kappa shape index (κ2) is 4.38. The summed E-state index contributed by atoms with van der Waals surface area (Å²) >= 11 is 0. The smallest absolute Gasteiger partial charge is 0.469 e. The van der Waals surface area contributed by atoms with Crippen molar-refractivity contribution in [1.82, 2.24) is 0 Å². The highest BCUT2D eigenvalue weighted by atomic mass is 16.7. The van der Waals surface area contributed by atoms with E-state index < -0.39 is 23.3 Å². The predicted molar refractivity (Wildman–Crippen MR) is 62.9 cm³/mol. The molecular formula is C13H12O6. The number of carbonyl (C=O) groups excluding carboxylic acids is 3. The first-order chi connectivity index (χ1) is 8.88. The Morgan fingerprint density at radius 2 is 2.00 bits per heavy atom. The highest BCUT2D eigenvalue weighted by molar-refractivity contribution is 6.26. The maximum atomic E-state index is 12.3. The van der Waals surface area contributed by atoms with E-state index >= 15 is 0 Å². The predicted octanol–water partition coefficient (Wildman–Crippen LogP) is 1.42. The number of ether oxygens (including phenoxy) is 3. The van der Waals surface area contributed by atoms with E-state index in [1.165, 1.54) is 19.3 Å². The van der Waals surface area contributed by atoms with E-state index in [4.69, 9.17) is 9.47 Å². The molecule has 0 N–H and O–H groups in total. The molecule has 0 fully saturated rings. The molecule has 0 saturated heterocycles. The fraction of sp³-hybridized carbons (Fsp3) is 0.308. The number of rotatable bonds is 1. The average molecular weight is 264 g/mol. The summed E-state index contributed by atoms with van der Waals surface area (Å²) in [5, 5.41) is 0. The molecule has 2 rings (SSSR count). The van der Waals surface area contributed by atoms with Gasteiger partial charge < -0.3 is 14.2 Å². The summed E-state index contributed by atoms with van der Waals surface area (Å²) in [6.45, 7) is 2.93. The Hall–Kier alpha value is -2.37. The van der Waals surface area contributed by atoms with Crippen LogP contribution in [0.3, 0.4) is 0 Å². The number of hydrogen-bond acceptors (Lipinski definition) is 6. The van der Waals surface area contributed by atoms with Crippen molar-refractivity contribution in [1.29, 1.82) is 0 Å². The van der Waals surface area contributed by atoms with E-state index in [1.54, 1.807) is 13.0 Å². The zero-order valence-corrected chi connectivity index (χ0v) is 10.7. The molecule has 1 atom stereocenters. The van der Waals surface area contributed by atoms with Gasteiger partial charge in [0.2, 0.25) is 17.2 Å². The Kier molecular flexibility index (Phi) is 3.01. The fourth-order valence-corrected chi connectivity index (χ4v) is 1.81. The van der Waals surface area contributed by atoms with Crippen LogP contribution in [-0.2, 0) is 23.8 Å². The molecule has 0 bridgehead atoms. The molecule has 6 heteroatoms. The molecule has 6 nitrogen and oxygen atoms in total. The second-order valence-corrected chi connectivity index (χ2v) is 4.29. The number of fused-ring (bicyclic) bond motifs is 1. The highest BCUT2D eigenvalue weighted by Crippen LogP contribution is 2.33. The van der Waals surface area contributed by atoms with Crippen LogP contribution in [0.4, 0.5) is 4.79 Å². The number of hydrogen-bond donors (Lipinski definition) is 0. The van der Waals surface area contributed by atoms with Crippen molar-refractivity contribution in [2.75, 3.05) is 7.11 Å². The summed E-state index contributed by atoms with van der Waals surface area (Å²) in [5.74, 6) is -0.682. The second-order valence-electron chi connectivity index (χ2n) is 4.29. The van der Waals surface area contributed by atoms with E-state index in [0.717, 1.165) is 7.11 Å². The van der Waals surface area contributed by atoms with Crippen molar-refractivity contribution in [2.45, 2.75) is 19.4 Å². The fourth-order valence-electron chi connectivity index (χ4n) is 1.81. The highest BCUT2D eigenvalue weighted by Gasteiger charge is 2.49. The molecule has 19 heavy (non-hydrogen) atoms. The number of ketones is 2. The molecule has 1 aliphatic carbocycles. The summed E-state index contributed by atoms with van der Waals surface area (Å²) in [4.78, 5) is 35.4. The van der Waals surface area contributed by atoms with Gasteiger partial charge in [0.15, 0.2) is 0 Å². The number of methoxy groups -OCH3 is 1. The van der Waals surface area contributed by atoms with Gasteiger partial charge in [-0.3, -0.25) is 9.59 Å². The molecule has 100 valence electrons. The molecule has 0 amide bonds. The number of Topliss-reactive ketones (excluding diaryl/α,β-unsaturated/α-hetero) is 1. The van der Waals surface area contributed by atoms with E-state index in [1.807, 2.05) is 0 Å². The maximum Gasteiger partial charge on any atom is 0.509 e. The van der Waals surface area contributed by atoms with Gasteiger partial charge in [-0.25, -0.2) is 4.79 Å². The van der Waals surface area contributed by atoms with Gasteiger partial charge in [-0.2, -0.15) is 0 Å². The molecule has 0 spiro atoms. The lowest BCUT2D eigenvalue weighted by molar-refractivity contribution is -0.146. The van der Waals surface area contributed by atoms with Crippen LogP contribution in [0.1, 0.15) is 13.8 Å². The van der Waals surface area contributed by atoms with Gasteiger partial charge in [-0.05, 0) is 31.6 Å². The molecule has 0 radical (unpaired) electrons. The lowest BCUT2D eigenvalue weighted by Gasteiger charge is -2.30. The zero-order valence-electron chi connectivity index (χ0n) is 10.7. The molecular weight excluding hydrogens is 252 g/mol. The van der Waals surface area contributed by atoms with Crippen LogP contribution in [-0.4, -0.2) is 30.4 Å². The minimum absolute atomic E-state index is 0.191. The minimum Gasteiger partial charge on any atom is -0.469 e. The maximum absolute atomic E-state index is 12.3. The van der Waals surface area contributed by atoms with E-state index in [9.17, 15) is 14.4 Å². The summed E-state index contributed by atoms with van der Waals surface area (Å²) < 4.78 is 14.3. The first-order valence-electron chi connectivity index (χ1n) is 5.52. The summed E-state index contributed by atoms with van der Waals surface area (Å²) in [6.07, 6.45) is 2.98. The van der Waals surface area contributed by atoms with Crippen LogP contribution in [0, 0.1) is 0 Å². The van der Waals surface area contributed by atoms with Gasteiger partial charge in [0.05, 0.1) is 12.7 Å². The Labute approximate surface area is 109 Å². The van der Waals surface area contributed by atoms with Crippen molar-refractivity contribution in [3.05, 3.63) is 35.3 Å². The molecule has 1 unspecified atom stereocenters. The number of carbonyl (C=O) groups is 3. The zero-order chi connectivity index (χ0) is 14.2. The molecule has 0 aromatic carbocycles. The van der Waals surface area contributed by atoms with Crippen molar-refractivity contribution in [3.63, 3.8) is 0 Å². The first-order valence-corrected chi connectivity index (χ1v) is 5.52. The van der Waals surface area contributed by atoms with Crippen LogP contribution >= 0.6 is 0 Å². The van der Waals surface area contributed by atoms with Crippen molar-refractivity contribution in [3.8, 4) is 0 Å². The first kappa shape index (κ1) is 13.1. The SMILES string of the molecule is COC(=O)OC1(C)C(=O)C=C2C=C(C)OC=C2C1=O. The van der Waals surface area contributed by atoms with E-state index in [2.05, 4.69) is 4.74 Å². The van der Waals surface area contributed by atoms with Gasteiger partial charge in [0.25, 0.3) is 0 Å². The number of allylic oxidation sites excluding steroid dienone is 3. The Balaban J connectivity index is 2.43. The van der Waals surface area contributed by atoms with Crippen molar-refractivity contribution >= 4 is 17.7 Å². The molecule has 1 heterocycles. The van der Waals surface area contributed by atoms with Gasteiger partial charge in [-0.1, -0.05) is 0 Å². The monoisotopic (exact) mass is 264 g/mol. The average Bonchev–Trinajstić information content (AvgIpc) is 2.36. The Morgan fingerprint density at radius 3 is 2.63 bits per heavy atom. The van der Waals surface area contributed by atoms with E-state index in [-0.39, 0.29) is 5.57 Å². The largest absolute Gasteiger partial charge is 0.509 e. The van der Waals surface area contributed by atoms with Crippen LogP contribution in [0.2, 0.25) is 0 Å². The standard InChI is InChI=1S/C13H12O6/c1-7-4-8-5-10(14)13(2,19-12(16)17-3)11(15)9(8)6-18-7/h4-6H,1-3H3. The van der Waals surface area contributed by atoms with Crippen LogP contribution in [0.5, 0.6) is 0 Å². The topological polar surface area (TPSA) is 78.9 Å². The van der Waals surface area contributed by atoms with Gasteiger partial charge in [0.1, 0.15) is 12.0 Å². The van der Waals surface area contributed by atoms with E-state index in [0.29, 0.717) is 11.3 Å². The Morgan fingerprint density at radius 1 is 1.32 bits per heavy atom. The van der Waals surface area contributed by atoms with Gasteiger partial charge in [-0.15, -0.1) is 0 Å². The Bertz CT molecular complexity index is 566. The molecule has 0 saturated carbocycles. The quantitative estimate of drug-likeness (QED) is 0.526. The van der Waals surface area contributed by atoms with Crippen LogP contribution in [0.25, 0.3) is 0 Å². The van der Waals surface area contributed by atoms with Crippen LogP contribution in [0.15, 0.2) is 35.3 Å².